The molecular weight excluding hydrogens is 416 g/mol. The summed E-state index contributed by atoms with van der Waals surface area (Å²) in [5.74, 6) is 1.62. The first-order chi connectivity index (χ1) is 16.1. The van der Waals surface area contributed by atoms with Crippen LogP contribution >= 0.6 is 0 Å². The van der Waals surface area contributed by atoms with Crippen LogP contribution in [0.1, 0.15) is 31.5 Å². The average Bonchev–Trinajstić information content (AvgIpc) is 3.47. The van der Waals surface area contributed by atoms with Gasteiger partial charge in [-0.1, -0.05) is 32.0 Å². The number of ether oxygens (including phenoxy) is 1. The summed E-state index contributed by atoms with van der Waals surface area (Å²) in [5, 5.41) is 18.1. The third-order valence-electron chi connectivity index (χ3n) is 4.90. The Hall–Kier alpha value is -4.38. The van der Waals surface area contributed by atoms with E-state index in [0.29, 0.717) is 12.5 Å². The number of rotatable bonds is 9. The summed E-state index contributed by atoms with van der Waals surface area (Å²) in [6.45, 7) is 5.05. The van der Waals surface area contributed by atoms with Crippen LogP contribution in [0.25, 0.3) is 16.9 Å². The van der Waals surface area contributed by atoms with E-state index in [4.69, 9.17) is 19.5 Å². The van der Waals surface area contributed by atoms with Gasteiger partial charge in [-0.3, -0.25) is 0 Å². The molecule has 4 rings (SSSR count). The Morgan fingerprint density at radius 3 is 2.70 bits per heavy atom. The summed E-state index contributed by atoms with van der Waals surface area (Å²) in [7, 11) is 0. The van der Waals surface area contributed by atoms with Crippen molar-refractivity contribution in [3.8, 4) is 28.8 Å². The number of oxazole rings is 1. The number of aromatic nitrogens is 3. The predicted molar refractivity (Wildman–Crippen MR) is 126 cm³/mol. The highest BCUT2D eigenvalue weighted by atomic mass is 16.5. The third kappa shape index (κ3) is 5.46. The van der Waals surface area contributed by atoms with E-state index in [1.54, 1.807) is 10.9 Å². The zero-order valence-electron chi connectivity index (χ0n) is 18.5. The average molecular weight is 441 g/mol. The van der Waals surface area contributed by atoms with E-state index in [1.165, 1.54) is 6.39 Å². The van der Waals surface area contributed by atoms with Gasteiger partial charge in [-0.15, -0.1) is 0 Å². The summed E-state index contributed by atoms with van der Waals surface area (Å²) in [4.78, 5) is 3.82. The van der Waals surface area contributed by atoms with Crippen LogP contribution in [0.2, 0.25) is 0 Å². The van der Waals surface area contributed by atoms with Gasteiger partial charge in [0.1, 0.15) is 17.5 Å². The molecule has 0 saturated carbocycles. The van der Waals surface area contributed by atoms with Gasteiger partial charge in [-0.2, -0.15) is 15.5 Å². The summed E-state index contributed by atoms with van der Waals surface area (Å²) >= 11 is 0. The molecule has 33 heavy (non-hydrogen) atoms. The van der Waals surface area contributed by atoms with Crippen LogP contribution in [0.3, 0.4) is 0 Å². The van der Waals surface area contributed by atoms with Crippen molar-refractivity contribution in [1.29, 1.82) is 5.26 Å². The smallest absolute Gasteiger partial charge is 0.251 e. The van der Waals surface area contributed by atoms with Gasteiger partial charge in [0, 0.05) is 17.3 Å². The first kappa shape index (κ1) is 21.8. The van der Waals surface area contributed by atoms with E-state index in [2.05, 4.69) is 29.4 Å². The largest absolute Gasteiger partial charge is 0.494 e. The molecule has 2 aromatic carbocycles. The Balaban J connectivity index is 1.60. The molecule has 0 aliphatic heterocycles. The number of hydrogen-bond donors (Lipinski definition) is 1. The summed E-state index contributed by atoms with van der Waals surface area (Å²) in [6.07, 6.45) is 5.74. The Morgan fingerprint density at radius 1 is 1.18 bits per heavy atom. The zero-order valence-corrected chi connectivity index (χ0v) is 18.5. The Bertz CT molecular complexity index is 1250. The van der Waals surface area contributed by atoms with Crippen LogP contribution in [0.15, 0.2) is 76.7 Å². The van der Waals surface area contributed by atoms with Crippen molar-refractivity contribution in [2.24, 2.45) is 11.0 Å². The van der Waals surface area contributed by atoms with E-state index in [0.717, 1.165) is 34.7 Å². The SMILES string of the molecule is CC(C)CCOc1ccc(-c2nn(-c3ccccc3)cc2/C=N/Nc2ocnc2C#N)cc1. The molecule has 166 valence electrons. The van der Waals surface area contributed by atoms with E-state index < -0.39 is 0 Å². The molecule has 0 atom stereocenters. The van der Waals surface area contributed by atoms with E-state index in [-0.39, 0.29) is 11.6 Å². The number of nitrogens with zero attached hydrogens (tertiary/aromatic N) is 5. The van der Waals surface area contributed by atoms with Crippen LogP contribution in [0.4, 0.5) is 5.88 Å². The van der Waals surface area contributed by atoms with E-state index >= 15 is 0 Å². The van der Waals surface area contributed by atoms with Gasteiger partial charge in [0.05, 0.1) is 18.5 Å². The molecule has 0 spiro atoms. The van der Waals surface area contributed by atoms with E-state index in [9.17, 15) is 0 Å². The molecule has 1 N–H and O–H groups in total. The highest BCUT2D eigenvalue weighted by molar-refractivity contribution is 5.89. The van der Waals surface area contributed by atoms with E-state index in [1.807, 2.05) is 66.9 Å². The van der Waals surface area contributed by atoms with Crippen molar-refractivity contribution in [1.82, 2.24) is 14.8 Å². The monoisotopic (exact) mass is 440 g/mol. The number of para-hydroxylation sites is 1. The standard InChI is InChI=1S/C25H24N6O2/c1-18(2)12-13-32-22-10-8-19(9-11-22)24-20(15-28-29-25-23(14-26)27-17-33-25)16-31(30-24)21-6-4-3-5-7-21/h3-11,15-18,29H,12-13H2,1-2H3/b28-15+. The van der Waals surface area contributed by atoms with Crippen molar-refractivity contribution in [2.75, 3.05) is 12.0 Å². The fourth-order valence-electron chi connectivity index (χ4n) is 3.11. The first-order valence-corrected chi connectivity index (χ1v) is 10.6. The molecule has 0 amide bonds. The molecule has 4 aromatic rings. The lowest BCUT2D eigenvalue weighted by Gasteiger charge is -2.08. The molecule has 0 radical (unpaired) electrons. The number of nitrogens with one attached hydrogen (secondary N) is 1. The molecule has 8 nitrogen and oxygen atoms in total. The lowest BCUT2D eigenvalue weighted by Crippen LogP contribution is -2.01. The van der Waals surface area contributed by atoms with Crippen LogP contribution in [0.5, 0.6) is 5.75 Å². The number of benzene rings is 2. The fourth-order valence-corrected chi connectivity index (χ4v) is 3.11. The summed E-state index contributed by atoms with van der Waals surface area (Å²) < 4.78 is 12.8. The van der Waals surface area contributed by atoms with Crippen LogP contribution in [-0.2, 0) is 0 Å². The second-order valence-electron chi connectivity index (χ2n) is 7.78. The Morgan fingerprint density at radius 2 is 1.97 bits per heavy atom. The predicted octanol–water partition coefficient (Wildman–Crippen LogP) is 5.27. The van der Waals surface area contributed by atoms with Crippen molar-refractivity contribution in [3.05, 3.63) is 78.4 Å². The fraction of sp³-hybridized carbons (Fsp3) is 0.200. The molecule has 2 aromatic heterocycles. The molecule has 2 heterocycles. The van der Waals surface area contributed by atoms with Crippen LogP contribution < -0.4 is 10.2 Å². The minimum absolute atomic E-state index is 0.139. The molecule has 0 aliphatic carbocycles. The molecular formula is C25H24N6O2. The van der Waals surface area contributed by atoms with Gasteiger partial charge in [0.15, 0.2) is 6.39 Å². The van der Waals surface area contributed by atoms with Gasteiger partial charge in [-0.25, -0.2) is 15.1 Å². The lowest BCUT2D eigenvalue weighted by atomic mass is 10.1. The van der Waals surface area contributed by atoms with Crippen molar-refractivity contribution < 1.29 is 9.15 Å². The second-order valence-corrected chi connectivity index (χ2v) is 7.78. The number of hydrazone groups is 1. The normalized spacial score (nSPS) is 11.1. The van der Waals surface area contributed by atoms with Gasteiger partial charge < -0.3 is 9.15 Å². The van der Waals surface area contributed by atoms with Gasteiger partial charge >= 0.3 is 0 Å². The quantitative estimate of drug-likeness (QED) is 0.281. The number of hydrogen-bond acceptors (Lipinski definition) is 7. The molecule has 0 saturated heterocycles. The summed E-state index contributed by atoms with van der Waals surface area (Å²) in [5.41, 5.74) is 6.27. The van der Waals surface area contributed by atoms with Crippen molar-refractivity contribution in [2.45, 2.75) is 20.3 Å². The number of anilines is 1. The summed E-state index contributed by atoms with van der Waals surface area (Å²) in [6, 6.07) is 19.7. The molecule has 0 unspecified atom stereocenters. The maximum Gasteiger partial charge on any atom is 0.251 e. The highest BCUT2D eigenvalue weighted by Gasteiger charge is 2.12. The van der Waals surface area contributed by atoms with Gasteiger partial charge in [-0.05, 0) is 48.7 Å². The first-order valence-electron chi connectivity index (χ1n) is 10.6. The molecule has 0 fully saturated rings. The minimum Gasteiger partial charge on any atom is -0.494 e. The van der Waals surface area contributed by atoms with Gasteiger partial charge in [0.2, 0.25) is 5.69 Å². The third-order valence-corrected chi connectivity index (χ3v) is 4.90. The second kappa shape index (κ2) is 10.3. The Kier molecular flexibility index (Phi) is 6.81. The maximum absolute atomic E-state index is 9.06. The molecule has 0 bridgehead atoms. The number of nitriles is 1. The van der Waals surface area contributed by atoms with Gasteiger partial charge in [0.25, 0.3) is 5.88 Å². The topological polar surface area (TPSA) is 101 Å². The zero-order chi connectivity index (χ0) is 23.0. The maximum atomic E-state index is 9.06. The highest BCUT2D eigenvalue weighted by Crippen LogP contribution is 2.25. The van der Waals surface area contributed by atoms with Crippen molar-refractivity contribution >= 4 is 12.1 Å². The Labute approximate surface area is 192 Å². The van der Waals surface area contributed by atoms with Crippen LogP contribution in [0, 0.1) is 17.2 Å². The van der Waals surface area contributed by atoms with Crippen molar-refractivity contribution in [3.63, 3.8) is 0 Å². The molecule has 8 heteroatoms. The molecule has 0 aliphatic rings. The minimum atomic E-state index is 0.139. The lowest BCUT2D eigenvalue weighted by molar-refractivity contribution is 0.289. The van der Waals surface area contributed by atoms with Crippen LogP contribution in [-0.4, -0.2) is 27.6 Å².